The molecule has 0 saturated carbocycles. The van der Waals surface area contributed by atoms with Gasteiger partial charge in [0.25, 0.3) is 11.8 Å². The number of carbonyl (C=O) groups excluding carboxylic acids is 3. The van der Waals surface area contributed by atoms with Crippen molar-refractivity contribution < 1.29 is 19.1 Å². The first-order valence-electron chi connectivity index (χ1n) is 7.09. The van der Waals surface area contributed by atoms with Crippen molar-refractivity contribution in [1.29, 1.82) is 0 Å². The van der Waals surface area contributed by atoms with E-state index >= 15 is 0 Å². The molecule has 0 radical (unpaired) electrons. The van der Waals surface area contributed by atoms with Crippen molar-refractivity contribution >= 4 is 17.8 Å². The van der Waals surface area contributed by atoms with Gasteiger partial charge in [-0.3, -0.25) is 14.4 Å². The molecule has 0 saturated heterocycles. The van der Waals surface area contributed by atoms with Crippen LogP contribution >= 0.6 is 0 Å². The van der Waals surface area contributed by atoms with Crippen LogP contribution in [0.25, 0.3) is 0 Å². The van der Waals surface area contributed by atoms with Gasteiger partial charge in [-0.15, -0.1) is 0 Å². The number of benzene rings is 1. The van der Waals surface area contributed by atoms with Gasteiger partial charge in [0.1, 0.15) is 6.54 Å². The SMILES string of the molecule is Cc1cc(C)cc(C(=O)NCC(=O)OCC(=O)NC(C)C)c1. The summed E-state index contributed by atoms with van der Waals surface area (Å²) in [6.45, 7) is 6.78. The lowest BCUT2D eigenvalue weighted by Crippen LogP contribution is -2.36. The summed E-state index contributed by atoms with van der Waals surface area (Å²) in [6, 6.07) is 5.42. The second kappa shape index (κ2) is 8.17. The molecule has 22 heavy (non-hydrogen) atoms. The first kappa shape index (κ1) is 17.7. The first-order valence-corrected chi connectivity index (χ1v) is 7.09. The average molecular weight is 306 g/mol. The third-order valence-corrected chi connectivity index (χ3v) is 2.69. The number of nitrogens with one attached hydrogen (secondary N) is 2. The fourth-order valence-corrected chi connectivity index (χ4v) is 1.92. The maximum absolute atomic E-state index is 11.9. The molecule has 6 nitrogen and oxygen atoms in total. The highest BCUT2D eigenvalue weighted by atomic mass is 16.5. The predicted octanol–water partition coefficient (Wildman–Crippen LogP) is 1.10. The molecule has 0 aliphatic heterocycles. The molecular weight excluding hydrogens is 284 g/mol. The highest BCUT2D eigenvalue weighted by Gasteiger charge is 2.11. The number of hydrogen-bond donors (Lipinski definition) is 2. The highest BCUT2D eigenvalue weighted by Crippen LogP contribution is 2.08. The predicted molar refractivity (Wildman–Crippen MR) is 82.5 cm³/mol. The van der Waals surface area contributed by atoms with Gasteiger partial charge in [0.05, 0.1) is 0 Å². The molecule has 0 bridgehead atoms. The van der Waals surface area contributed by atoms with Gasteiger partial charge >= 0.3 is 5.97 Å². The monoisotopic (exact) mass is 306 g/mol. The van der Waals surface area contributed by atoms with E-state index in [-0.39, 0.29) is 31.0 Å². The molecule has 0 atom stereocenters. The summed E-state index contributed by atoms with van der Waals surface area (Å²) in [6.07, 6.45) is 0. The van der Waals surface area contributed by atoms with Crippen LogP contribution in [0.2, 0.25) is 0 Å². The average Bonchev–Trinajstić information content (AvgIpc) is 2.40. The van der Waals surface area contributed by atoms with E-state index in [1.165, 1.54) is 0 Å². The Balaban J connectivity index is 2.40. The first-order chi connectivity index (χ1) is 10.3. The summed E-state index contributed by atoms with van der Waals surface area (Å²) in [5.74, 6) is -1.38. The second-order valence-corrected chi connectivity index (χ2v) is 5.44. The van der Waals surface area contributed by atoms with Gasteiger partial charge in [0.15, 0.2) is 6.61 Å². The molecule has 0 aliphatic carbocycles. The fourth-order valence-electron chi connectivity index (χ4n) is 1.92. The van der Waals surface area contributed by atoms with E-state index in [2.05, 4.69) is 10.6 Å². The Kier molecular flexibility index (Phi) is 6.56. The molecule has 2 amide bonds. The molecular formula is C16H22N2O4. The number of rotatable bonds is 6. The lowest BCUT2D eigenvalue weighted by Gasteiger charge is -2.09. The Hall–Kier alpha value is -2.37. The molecule has 0 spiro atoms. The van der Waals surface area contributed by atoms with Crippen LogP contribution in [-0.2, 0) is 14.3 Å². The molecule has 2 N–H and O–H groups in total. The minimum atomic E-state index is -0.656. The Morgan fingerprint density at radius 1 is 1.09 bits per heavy atom. The van der Waals surface area contributed by atoms with Crippen LogP contribution in [0, 0.1) is 13.8 Å². The molecule has 0 aromatic heterocycles. The Labute approximate surface area is 130 Å². The molecule has 0 unspecified atom stereocenters. The molecule has 120 valence electrons. The maximum Gasteiger partial charge on any atom is 0.325 e. The van der Waals surface area contributed by atoms with Gasteiger partial charge in [0.2, 0.25) is 0 Å². The maximum atomic E-state index is 11.9. The van der Waals surface area contributed by atoms with Crippen molar-refractivity contribution in [3.63, 3.8) is 0 Å². The molecule has 1 rings (SSSR count). The van der Waals surface area contributed by atoms with Gasteiger partial charge in [0, 0.05) is 11.6 Å². The Bertz CT molecular complexity index is 547. The van der Waals surface area contributed by atoms with Gasteiger partial charge in [-0.25, -0.2) is 0 Å². The van der Waals surface area contributed by atoms with Crippen LogP contribution in [-0.4, -0.2) is 37.0 Å². The minimum absolute atomic E-state index is 0.0181. The van der Waals surface area contributed by atoms with E-state index in [0.29, 0.717) is 5.56 Å². The molecule has 0 heterocycles. The van der Waals surface area contributed by atoms with Crippen molar-refractivity contribution in [2.75, 3.05) is 13.2 Å². The molecule has 0 fully saturated rings. The second-order valence-electron chi connectivity index (χ2n) is 5.44. The smallest absolute Gasteiger partial charge is 0.325 e. The van der Waals surface area contributed by atoms with Crippen LogP contribution in [0.1, 0.15) is 35.3 Å². The zero-order valence-corrected chi connectivity index (χ0v) is 13.4. The number of amides is 2. The van der Waals surface area contributed by atoms with Crippen LogP contribution in [0.15, 0.2) is 18.2 Å². The largest absolute Gasteiger partial charge is 0.454 e. The van der Waals surface area contributed by atoms with Gasteiger partial charge in [-0.2, -0.15) is 0 Å². The molecule has 6 heteroatoms. The third-order valence-electron chi connectivity index (χ3n) is 2.69. The zero-order valence-electron chi connectivity index (χ0n) is 13.4. The number of esters is 1. The molecule has 1 aromatic carbocycles. The topological polar surface area (TPSA) is 84.5 Å². The van der Waals surface area contributed by atoms with Crippen molar-refractivity contribution in [1.82, 2.24) is 10.6 Å². The van der Waals surface area contributed by atoms with E-state index in [0.717, 1.165) is 11.1 Å². The zero-order chi connectivity index (χ0) is 16.7. The van der Waals surface area contributed by atoms with Crippen LogP contribution < -0.4 is 10.6 Å². The summed E-state index contributed by atoms with van der Waals surface area (Å²) < 4.78 is 4.77. The van der Waals surface area contributed by atoms with Crippen LogP contribution in [0.3, 0.4) is 0 Å². The fraction of sp³-hybridized carbons (Fsp3) is 0.438. The summed E-state index contributed by atoms with van der Waals surface area (Å²) in [7, 11) is 0. The minimum Gasteiger partial charge on any atom is -0.454 e. The summed E-state index contributed by atoms with van der Waals surface area (Å²) in [4.78, 5) is 34.7. The van der Waals surface area contributed by atoms with Crippen molar-refractivity contribution in [3.05, 3.63) is 34.9 Å². The third kappa shape index (κ3) is 6.39. The molecule has 1 aromatic rings. The van der Waals surface area contributed by atoms with E-state index in [1.54, 1.807) is 12.1 Å². The number of hydrogen-bond acceptors (Lipinski definition) is 4. The number of ether oxygens (including phenoxy) is 1. The van der Waals surface area contributed by atoms with Crippen LogP contribution in [0.4, 0.5) is 0 Å². The van der Waals surface area contributed by atoms with Gasteiger partial charge < -0.3 is 15.4 Å². The summed E-state index contributed by atoms with van der Waals surface area (Å²) >= 11 is 0. The number of carbonyl (C=O) groups is 3. The lowest BCUT2D eigenvalue weighted by atomic mass is 10.1. The van der Waals surface area contributed by atoms with Gasteiger partial charge in [-0.1, -0.05) is 17.2 Å². The Morgan fingerprint density at radius 3 is 2.23 bits per heavy atom. The molecule has 0 aliphatic rings. The lowest BCUT2D eigenvalue weighted by molar-refractivity contribution is -0.147. The van der Waals surface area contributed by atoms with Crippen molar-refractivity contribution in [2.45, 2.75) is 33.7 Å². The normalized spacial score (nSPS) is 10.2. The van der Waals surface area contributed by atoms with Crippen molar-refractivity contribution in [2.24, 2.45) is 0 Å². The van der Waals surface area contributed by atoms with E-state index in [9.17, 15) is 14.4 Å². The quantitative estimate of drug-likeness (QED) is 0.771. The Morgan fingerprint density at radius 2 is 1.68 bits per heavy atom. The number of aryl methyl sites for hydroxylation is 2. The highest BCUT2D eigenvalue weighted by molar-refractivity contribution is 5.96. The van der Waals surface area contributed by atoms with Crippen molar-refractivity contribution in [3.8, 4) is 0 Å². The van der Waals surface area contributed by atoms with Gasteiger partial charge in [-0.05, 0) is 39.8 Å². The van der Waals surface area contributed by atoms with E-state index < -0.39 is 5.97 Å². The summed E-state index contributed by atoms with van der Waals surface area (Å²) in [5.41, 5.74) is 2.43. The standard InChI is InChI=1S/C16H22N2O4/c1-10(2)18-14(19)9-22-15(20)8-17-16(21)13-6-11(3)5-12(4)7-13/h5-7,10H,8-9H2,1-4H3,(H,17,21)(H,18,19). The van der Waals surface area contributed by atoms with E-state index in [4.69, 9.17) is 4.74 Å². The van der Waals surface area contributed by atoms with Crippen LogP contribution in [0.5, 0.6) is 0 Å². The van der Waals surface area contributed by atoms with E-state index in [1.807, 2.05) is 33.8 Å². The summed E-state index contributed by atoms with van der Waals surface area (Å²) in [5, 5.41) is 5.07.